The molecule has 1 aromatic heterocycles. The van der Waals surface area contributed by atoms with Gasteiger partial charge in [-0.1, -0.05) is 178 Å². The number of hydrogen-bond donors (Lipinski definition) is 23. The molecule has 0 unspecified atom stereocenters. The highest BCUT2D eigenvalue weighted by Gasteiger charge is 2.41. The number of aromatic nitrogens is 1. The van der Waals surface area contributed by atoms with Gasteiger partial charge in [-0.2, -0.15) is 0 Å². The molecule has 12 atom stereocenters. The number of rotatable bonds is 63. The Kier molecular flexibility index (Phi) is 48.8. The fourth-order valence-corrected chi connectivity index (χ4v) is 14.8. The number of guanidine groups is 1. The molecule has 128 heavy (non-hydrogen) atoms. The number of primary amides is 1. The molecule has 5 rings (SSSR count). The molecule has 1 fully saturated rings. The molecule has 0 spiro atoms. The maximum Gasteiger partial charge on any atom is 0.303 e. The van der Waals surface area contributed by atoms with Crippen LogP contribution in [0, 0.1) is 11.3 Å². The topological polar surface area (TPSA) is 635 Å². The smallest absolute Gasteiger partial charge is 0.303 e. The lowest BCUT2D eigenvalue weighted by atomic mass is 10.0. The summed E-state index contributed by atoms with van der Waals surface area (Å²) in [5, 5.41) is 93.1. The summed E-state index contributed by atoms with van der Waals surface area (Å²) in [7, 11) is 0. The fourth-order valence-electron chi connectivity index (χ4n) is 14.8. The van der Waals surface area contributed by atoms with Gasteiger partial charge in [-0.15, -0.1) is 0 Å². The normalized spacial score (nSPS) is 15.0. The number of carboxylic acids is 1. The van der Waals surface area contributed by atoms with Crippen LogP contribution in [-0.2, 0) is 91.2 Å². The van der Waals surface area contributed by atoms with E-state index in [4.69, 9.17) is 22.6 Å². The number of hydrogen-bond acceptors (Lipinski definition) is 21. The Morgan fingerprint density at radius 3 is 1.41 bits per heavy atom. The van der Waals surface area contributed by atoms with Gasteiger partial charge in [0.25, 0.3) is 0 Å². The van der Waals surface area contributed by atoms with E-state index in [-0.39, 0.29) is 95.5 Å². The van der Waals surface area contributed by atoms with Crippen LogP contribution in [0.5, 0.6) is 5.75 Å². The highest BCUT2D eigenvalue weighted by molar-refractivity contribution is 6.00. The van der Waals surface area contributed by atoms with E-state index in [1.165, 1.54) is 74.1 Å². The van der Waals surface area contributed by atoms with Crippen molar-refractivity contribution in [3.05, 3.63) is 102 Å². The molecular formula is C89H137N19O20. The number of likely N-dealkylation sites (tertiary alicyclic amines) is 1. The first-order chi connectivity index (χ1) is 61.3. The van der Waals surface area contributed by atoms with E-state index in [0.29, 0.717) is 59.7 Å². The monoisotopic (exact) mass is 1790 g/mol. The zero-order valence-electron chi connectivity index (χ0n) is 74.1. The number of para-hydroxylation sites is 1. The van der Waals surface area contributed by atoms with Crippen LogP contribution < -0.4 is 86.3 Å². The van der Waals surface area contributed by atoms with Gasteiger partial charge in [0.05, 0.1) is 26.4 Å². The minimum atomic E-state index is -1.97. The van der Waals surface area contributed by atoms with Crippen LogP contribution in [0.15, 0.2) is 85.1 Å². The molecule has 1 saturated heterocycles. The van der Waals surface area contributed by atoms with Gasteiger partial charge in [-0.3, -0.25) is 77.3 Å². The third-order valence-electron chi connectivity index (χ3n) is 22.1. The van der Waals surface area contributed by atoms with E-state index < -0.39 is 206 Å². The van der Waals surface area contributed by atoms with Crippen molar-refractivity contribution in [3.8, 4) is 5.75 Å². The summed E-state index contributed by atoms with van der Waals surface area (Å²) < 4.78 is 0. The van der Waals surface area contributed by atoms with Gasteiger partial charge in [0.15, 0.2) is 5.96 Å². The van der Waals surface area contributed by atoms with Crippen LogP contribution >= 0.6 is 0 Å². The van der Waals surface area contributed by atoms with Crippen molar-refractivity contribution in [3.63, 3.8) is 0 Å². The standard InChI is InChI=1S/C89H137N19O20/c1-5-7-9-10-11-12-13-14-15-16-17-18-22-37-73(113)98-69(52-109)84(124)102-67(48-57-38-40-59(112)41-39-57)83(123)106-70(53-110)85(125)100-62(32-8-6-2)79(119)101-64(42-43-75(115)116)81(121)105-71(54-111)86(126)103-66(47-56-29-20-19-21-30-56)82(122)99-63(35-27-45-94-89(92)93)80(120)104-68(49-58-50-95-61-33-24-23-31-60(58)61)78(118)96-51-74(114)97-65(34-25-26-44-90)88(128)108-46-28-36-72(108)87(127)107-76(55(3)4)77(91)117/h19-21,23-24,29-31,33,38-41,50,55,62-72,76,95,109-112H,5-18,22,25-28,32,34-37,42-49,51-54,90H2,1-4H3,(H2,91,117)(H,96,118)(H,97,114)(H,98,113)(H,99,122)(H,100,125)(H,101,119)(H,102,124)(H,103,126)(H,104,120)(H,105,121)(H,106,123)(H,107,127)(H,115,116)(H4,92,93,94)/t62-,63-,64-,65-,66+,67-,68-,69-,70-,71-,72-,76-/m0/s1. The summed E-state index contributed by atoms with van der Waals surface area (Å²) in [6.07, 6.45) is 15.5. The second kappa shape index (κ2) is 58.5. The molecule has 708 valence electrons. The van der Waals surface area contributed by atoms with Crippen molar-refractivity contribution in [2.75, 3.05) is 46.0 Å². The number of carboxylic acid groups (broad SMARTS) is 1. The van der Waals surface area contributed by atoms with Crippen molar-refractivity contribution >= 4 is 106 Å². The van der Waals surface area contributed by atoms with Crippen LogP contribution in [0.1, 0.15) is 211 Å². The second-order valence-electron chi connectivity index (χ2n) is 32.8. The number of nitrogens with two attached hydrogens (primary N) is 3. The third kappa shape index (κ3) is 38.4. The minimum absolute atomic E-state index is 0.0146. The van der Waals surface area contributed by atoms with Gasteiger partial charge in [-0.25, -0.2) is 0 Å². The van der Waals surface area contributed by atoms with E-state index in [2.05, 4.69) is 81.0 Å². The molecule has 0 bridgehead atoms. The lowest BCUT2D eigenvalue weighted by Crippen LogP contribution is -2.61. The number of nitrogens with zero attached hydrogens (tertiary/aromatic N) is 1. The van der Waals surface area contributed by atoms with Gasteiger partial charge in [0.1, 0.15) is 78.3 Å². The molecule has 2 heterocycles. The second-order valence-corrected chi connectivity index (χ2v) is 32.8. The molecule has 4 aromatic rings. The number of H-pyrrole nitrogens is 1. The molecule has 0 aliphatic carbocycles. The lowest BCUT2D eigenvalue weighted by molar-refractivity contribution is -0.142. The van der Waals surface area contributed by atoms with Crippen LogP contribution in [0.25, 0.3) is 10.9 Å². The van der Waals surface area contributed by atoms with Crippen LogP contribution in [0.3, 0.4) is 0 Å². The minimum Gasteiger partial charge on any atom is -0.508 e. The average Bonchev–Trinajstić information content (AvgIpc) is 1.69. The number of fused-ring (bicyclic) bond motifs is 1. The van der Waals surface area contributed by atoms with Gasteiger partial charge in [0, 0.05) is 62.3 Å². The molecule has 14 amide bonds. The molecule has 0 saturated carbocycles. The molecule has 39 nitrogen and oxygen atoms in total. The van der Waals surface area contributed by atoms with Crippen molar-refractivity contribution in [1.29, 1.82) is 5.41 Å². The number of amides is 14. The Morgan fingerprint density at radius 1 is 0.461 bits per heavy atom. The van der Waals surface area contributed by atoms with E-state index in [0.717, 1.165) is 32.1 Å². The Morgan fingerprint density at radius 2 is 0.906 bits per heavy atom. The van der Waals surface area contributed by atoms with Gasteiger partial charge in [0.2, 0.25) is 82.7 Å². The third-order valence-corrected chi connectivity index (χ3v) is 22.1. The first-order valence-electron chi connectivity index (χ1n) is 44.7. The largest absolute Gasteiger partial charge is 0.508 e. The first-order valence-corrected chi connectivity index (χ1v) is 44.7. The molecule has 1 aliphatic rings. The van der Waals surface area contributed by atoms with Crippen molar-refractivity contribution < 1.29 is 97.5 Å². The summed E-state index contributed by atoms with van der Waals surface area (Å²) in [6.45, 7) is 3.87. The summed E-state index contributed by atoms with van der Waals surface area (Å²) >= 11 is 0. The number of phenolic OH excluding ortho intramolecular Hbond substituents is 1. The van der Waals surface area contributed by atoms with E-state index in [1.807, 2.05) is 0 Å². The summed E-state index contributed by atoms with van der Waals surface area (Å²) in [4.78, 5) is 214. The summed E-state index contributed by atoms with van der Waals surface area (Å²) in [5.41, 5.74) is 19.0. The number of phenols is 1. The number of carbonyl (C=O) groups excluding carboxylic acids is 14. The van der Waals surface area contributed by atoms with Crippen LogP contribution in [-0.4, -0.2) is 249 Å². The number of unbranched alkanes of at least 4 members (excludes halogenated alkanes) is 14. The van der Waals surface area contributed by atoms with Gasteiger partial charge in [-0.05, 0) is 112 Å². The number of aliphatic carboxylic acids is 1. The van der Waals surface area contributed by atoms with Gasteiger partial charge < -0.3 is 122 Å². The number of aliphatic hydroxyl groups excluding tert-OH is 3. The van der Waals surface area contributed by atoms with Crippen molar-refractivity contribution in [2.45, 2.75) is 286 Å². The highest BCUT2D eigenvalue weighted by atomic mass is 16.4. The summed E-state index contributed by atoms with van der Waals surface area (Å²) in [6, 6.07) is 2.47. The predicted octanol–water partition coefficient (Wildman–Crippen LogP) is 0.388. The number of benzene rings is 3. The average molecular weight is 1790 g/mol. The lowest BCUT2D eigenvalue weighted by Gasteiger charge is -2.30. The highest BCUT2D eigenvalue weighted by Crippen LogP contribution is 2.24. The number of aromatic amines is 1. The molecule has 1 aliphatic heterocycles. The zero-order chi connectivity index (χ0) is 94.0. The Labute approximate surface area is 747 Å². The quantitative estimate of drug-likeness (QED) is 0.0161. The maximum absolute atomic E-state index is 15.0. The van der Waals surface area contributed by atoms with Gasteiger partial charge >= 0.3 is 5.97 Å². The maximum atomic E-state index is 15.0. The Balaban J connectivity index is 1.33. The van der Waals surface area contributed by atoms with Crippen molar-refractivity contribution in [2.24, 2.45) is 23.1 Å². The first kappa shape index (κ1) is 107. The predicted molar refractivity (Wildman–Crippen MR) is 477 cm³/mol. The molecule has 39 heteroatoms. The number of aliphatic hydroxyl groups is 3. The number of aromatic hydroxyl groups is 1. The van der Waals surface area contributed by atoms with E-state index in [1.54, 1.807) is 81.6 Å². The molecular weight excluding hydrogens is 1660 g/mol. The Bertz CT molecular complexity index is 4230. The fraction of sp³-hybridized carbons (Fsp3) is 0.596. The molecule has 26 N–H and O–H groups in total. The SMILES string of the molecule is CCCCCCCCCCCCCCCC(=O)N[C@@H](CO)C(=O)N[C@@H](Cc1ccc(O)cc1)C(=O)N[C@@H](CO)C(=O)N[C@@H](CCCC)C(=O)N[C@@H](CCC(=O)O)C(=O)N[C@@H](CO)C(=O)N[C@H](Cc1ccccc1)C(=O)N[C@@H](CCCNC(=N)N)C(=O)N[C@@H](Cc1c[nH]c2ccccc12)C(=O)NCC(=O)N[C@@H](CCCCN)C(=O)N1CCC[C@H]1C(=O)N[C@H](C(N)=O)C(C)C. The van der Waals surface area contributed by atoms with Crippen LogP contribution in [0.4, 0.5) is 0 Å². The van der Waals surface area contributed by atoms with E-state index in [9.17, 15) is 97.5 Å². The summed E-state index contributed by atoms with van der Waals surface area (Å²) in [5.74, 6) is -15.3. The zero-order valence-corrected chi connectivity index (χ0v) is 74.1. The van der Waals surface area contributed by atoms with Crippen LogP contribution in [0.2, 0.25) is 0 Å². The van der Waals surface area contributed by atoms with E-state index >= 15 is 0 Å². The Hall–Kier alpha value is -11.8. The number of carbonyl (C=O) groups is 15. The molecule has 3 aromatic carbocycles. The number of nitrogens with one attached hydrogen (secondary N) is 15. The molecule has 0 radical (unpaired) electrons. The van der Waals surface area contributed by atoms with Crippen molar-refractivity contribution in [1.82, 2.24) is 79.0 Å².